The molecule has 0 saturated heterocycles. The number of nitrogens with zero attached hydrogens (tertiary/aromatic N) is 1. The Morgan fingerprint density at radius 2 is 2.26 bits per heavy atom. The van der Waals surface area contributed by atoms with Gasteiger partial charge in [-0.15, -0.1) is 11.3 Å². The summed E-state index contributed by atoms with van der Waals surface area (Å²) in [6.45, 7) is 4.60. The van der Waals surface area contributed by atoms with Gasteiger partial charge < -0.3 is 5.11 Å². The Balaban J connectivity index is 2.41. The van der Waals surface area contributed by atoms with Crippen LogP contribution in [0.5, 0.6) is 0 Å². The molecule has 2 amide bonds. The van der Waals surface area contributed by atoms with E-state index in [1.54, 1.807) is 0 Å². The summed E-state index contributed by atoms with van der Waals surface area (Å²) in [5.74, 6) is 4.72. The van der Waals surface area contributed by atoms with Crippen LogP contribution in [0.15, 0.2) is 0 Å². The fourth-order valence-corrected chi connectivity index (χ4v) is 3.50. The summed E-state index contributed by atoms with van der Waals surface area (Å²) in [4.78, 5) is 25.9. The lowest BCUT2D eigenvalue weighted by molar-refractivity contribution is 0.0953. The molecule has 8 heteroatoms. The third-order valence-electron chi connectivity index (χ3n) is 3.16. The second-order valence-corrected chi connectivity index (χ2v) is 5.34. The van der Waals surface area contributed by atoms with Crippen molar-refractivity contribution in [2.45, 2.75) is 19.9 Å². The Hall–Kier alpha value is -1.64. The molecular weight excluding hydrogens is 268 g/mol. The maximum absolute atomic E-state index is 11.8. The van der Waals surface area contributed by atoms with E-state index < -0.39 is 12.0 Å². The van der Waals surface area contributed by atoms with E-state index in [1.807, 2.05) is 0 Å². The molecule has 1 aromatic rings. The predicted octanol–water partition coefficient (Wildman–Crippen LogP) is 0.820. The molecule has 0 saturated carbocycles. The number of thiophene rings is 1. The van der Waals surface area contributed by atoms with Gasteiger partial charge in [0.05, 0.1) is 5.56 Å². The number of carbonyl (C=O) groups is 2. The van der Waals surface area contributed by atoms with Crippen molar-refractivity contribution in [3.63, 3.8) is 0 Å². The quantitative estimate of drug-likeness (QED) is 0.373. The number of hydrogen-bond donors (Lipinski definition) is 4. The van der Waals surface area contributed by atoms with Crippen LogP contribution in [0.2, 0.25) is 0 Å². The lowest BCUT2D eigenvalue weighted by Crippen LogP contribution is -2.33. The van der Waals surface area contributed by atoms with E-state index in [0.717, 1.165) is 36.5 Å². The highest BCUT2D eigenvalue weighted by atomic mass is 32.1. The third-order valence-corrected chi connectivity index (χ3v) is 4.29. The minimum absolute atomic E-state index is 0.346. The van der Waals surface area contributed by atoms with Crippen molar-refractivity contribution in [3.05, 3.63) is 16.0 Å². The zero-order valence-electron chi connectivity index (χ0n) is 10.5. The van der Waals surface area contributed by atoms with Gasteiger partial charge in [0.1, 0.15) is 5.00 Å². The summed E-state index contributed by atoms with van der Waals surface area (Å²) >= 11 is 1.30. The summed E-state index contributed by atoms with van der Waals surface area (Å²) in [5.41, 5.74) is 3.34. The molecule has 0 radical (unpaired) electrons. The molecule has 0 bridgehead atoms. The lowest BCUT2D eigenvalue weighted by Gasteiger charge is -2.25. The summed E-state index contributed by atoms with van der Waals surface area (Å²) in [7, 11) is 0. The standard InChI is InChI=1S/C11H16N4O3S/c1-2-15-4-3-6-7(5-15)19-10(13-11(17)18)8(6)9(16)14-12/h13H,2-5,12H2,1H3,(H,14,16)(H,17,18). The second-order valence-electron chi connectivity index (χ2n) is 4.23. The number of nitrogen functional groups attached to an aromatic ring is 1. The SMILES string of the molecule is CCN1CCc2c(sc(NC(=O)O)c2C(=O)NN)C1. The van der Waals surface area contributed by atoms with Crippen molar-refractivity contribution in [2.24, 2.45) is 5.84 Å². The maximum Gasteiger partial charge on any atom is 0.409 e. The monoisotopic (exact) mass is 284 g/mol. The molecular formula is C11H16N4O3S. The molecule has 0 spiro atoms. The number of hydrazine groups is 1. The number of amides is 2. The number of fused-ring (bicyclic) bond motifs is 1. The minimum Gasteiger partial charge on any atom is -0.465 e. The van der Waals surface area contributed by atoms with Crippen LogP contribution in [0.3, 0.4) is 0 Å². The first-order valence-electron chi connectivity index (χ1n) is 5.94. The molecule has 2 heterocycles. The number of anilines is 1. The molecule has 0 unspecified atom stereocenters. The van der Waals surface area contributed by atoms with Crippen LogP contribution in [-0.4, -0.2) is 35.1 Å². The van der Waals surface area contributed by atoms with Gasteiger partial charge in [-0.1, -0.05) is 6.92 Å². The average Bonchev–Trinajstić information content (AvgIpc) is 2.73. The van der Waals surface area contributed by atoms with Crippen molar-refractivity contribution >= 4 is 28.3 Å². The Morgan fingerprint density at radius 3 is 2.84 bits per heavy atom. The van der Waals surface area contributed by atoms with Gasteiger partial charge in [-0.3, -0.25) is 20.4 Å². The van der Waals surface area contributed by atoms with Gasteiger partial charge in [0.25, 0.3) is 5.91 Å². The van der Waals surface area contributed by atoms with Gasteiger partial charge in [-0.05, 0) is 18.5 Å². The van der Waals surface area contributed by atoms with E-state index in [2.05, 4.69) is 22.6 Å². The molecule has 1 aliphatic heterocycles. The van der Waals surface area contributed by atoms with E-state index in [1.165, 1.54) is 11.3 Å². The fourth-order valence-electron chi connectivity index (χ4n) is 2.22. The van der Waals surface area contributed by atoms with Crippen LogP contribution < -0.4 is 16.6 Å². The molecule has 0 fully saturated rings. The zero-order valence-corrected chi connectivity index (χ0v) is 11.3. The van der Waals surface area contributed by atoms with Crippen LogP contribution >= 0.6 is 11.3 Å². The minimum atomic E-state index is -1.18. The number of likely N-dealkylation sites (N-methyl/N-ethyl adjacent to an activating group) is 1. The third kappa shape index (κ3) is 2.70. The van der Waals surface area contributed by atoms with Crippen molar-refractivity contribution in [3.8, 4) is 0 Å². The summed E-state index contributed by atoms with van der Waals surface area (Å²) < 4.78 is 0. The van der Waals surface area contributed by atoms with Crippen LogP contribution in [-0.2, 0) is 13.0 Å². The van der Waals surface area contributed by atoms with Crippen molar-refractivity contribution in [2.75, 3.05) is 18.4 Å². The molecule has 19 heavy (non-hydrogen) atoms. The highest BCUT2D eigenvalue weighted by Crippen LogP contribution is 2.36. The van der Waals surface area contributed by atoms with Crippen molar-refractivity contribution in [1.29, 1.82) is 0 Å². The second kappa shape index (κ2) is 5.55. The molecule has 1 aliphatic rings. The zero-order chi connectivity index (χ0) is 14.0. The number of nitrogens with two attached hydrogens (primary N) is 1. The van der Waals surface area contributed by atoms with E-state index in [4.69, 9.17) is 10.9 Å². The van der Waals surface area contributed by atoms with E-state index in [0.29, 0.717) is 10.6 Å². The van der Waals surface area contributed by atoms with Gasteiger partial charge in [0.2, 0.25) is 0 Å². The van der Waals surface area contributed by atoms with Gasteiger partial charge in [0.15, 0.2) is 0 Å². The molecule has 0 atom stereocenters. The first-order valence-corrected chi connectivity index (χ1v) is 6.76. The first-order chi connectivity index (χ1) is 9.06. The molecule has 5 N–H and O–H groups in total. The molecule has 7 nitrogen and oxygen atoms in total. The molecule has 104 valence electrons. The van der Waals surface area contributed by atoms with Gasteiger partial charge in [0, 0.05) is 18.0 Å². The molecule has 0 aliphatic carbocycles. The van der Waals surface area contributed by atoms with Gasteiger partial charge in [-0.2, -0.15) is 0 Å². The Morgan fingerprint density at radius 1 is 1.53 bits per heavy atom. The van der Waals surface area contributed by atoms with Crippen molar-refractivity contribution < 1.29 is 14.7 Å². The van der Waals surface area contributed by atoms with Crippen LogP contribution in [0.4, 0.5) is 9.80 Å². The van der Waals surface area contributed by atoms with E-state index in [9.17, 15) is 9.59 Å². The van der Waals surface area contributed by atoms with Crippen LogP contribution in [0, 0.1) is 0 Å². The highest BCUT2D eigenvalue weighted by molar-refractivity contribution is 7.17. The lowest BCUT2D eigenvalue weighted by atomic mass is 10.0. The molecule has 2 rings (SSSR count). The number of nitrogens with one attached hydrogen (secondary N) is 2. The average molecular weight is 284 g/mol. The number of hydrogen-bond acceptors (Lipinski definition) is 5. The summed E-state index contributed by atoms with van der Waals surface area (Å²) in [6.07, 6.45) is -0.457. The fraction of sp³-hybridized carbons (Fsp3) is 0.455. The maximum atomic E-state index is 11.8. The van der Waals surface area contributed by atoms with Crippen LogP contribution in [0.25, 0.3) is 0 Å². The summed E-state index contributed by atoms with van der Waals surface area (Å²) in [5, 5.41) is 11.5. The van der Waals surface area contributed by atoms with Crippen molar-refractivity contribution in [1.82, 2.24) is 10.3 Å². The van der Waals surface area contributed by atoms with Gasteiger partial charge in [-0.25, -0.2) is 10.6 Å². The van der Waals surface area contributed by atoms with E-state index >= 15 is 0 Å². The smallest absolute Gasteiger partial charge is 0.409 e. The normalized spacial score (nSPS) is 14.8. The summed E-state index contributed by atoms with van der Waals surface area (Å²) in [6, 6.07) is 0. The first kappa shape index (κ1) is 13.8. The Kier molecular flexibility index (Phi) is 4.03. The largest absolute Gasteiger partial charge is 0.465 e. The van der Waals surface area contributed by atoms with Gasteiger partial charge >= 0.3 is 6.09 Å². The molecule has 0 aromatic carbocycles. The van der Waals surface area contributed by atoms with E-state index in [-0.39, 0.29) is 0 Å². The van der Waals surface area contributed by atoms with Crippen LogP contribution in [0.1, 0.15) is 27.7 Å². The topological polar surface area (TPSA) is 108 Å². The Bertz CT molecular complexity index is 514. The molecule has 1 aromatic heterocycles. The number of rotatable bonds is 3. The highest BCUT2D eigenvalue weighted by Gasteiger charge is 2.27. The number of carboxylic acid groups (broad SMARTS) is 1. The predicted molar refractivity (Wildman–Crippen MR) is 72.3 cm³/mol. The Labute approximate surface area is 114 Å². The number of carbonyl (C=O) groups excluding carboxylic acids is 1.